The van der Waals surface area contributed by atoms with Crippen LogP contribution >= 0.6 is 0 Å². The first-order valence-corrected chi connectivity index (χ1v) is 8.42. The summed E-state index contributed by atoms with van der Waals surface area (Å²) in [5, 5.41) is 2.71. The normalized spacial score (nSPS) is 11.5. The number of Topliss-reactive ketones (excluding diaryl/α,β-unsaturated/α-hetero) is 1. The zero-order valence-electron chi connectivity index (χ0n) is 14.8. The van der Waals surface area contributed by atoms with Gasteiger partial charge in [0.1, 0.15) is 12.4 Å². The summed E-state index contributed by atoms with van der Waals surface area (Å²) in [5.74, 6) is -0.0599. The predicted molar refractivity (Wildman–Crippen MR) is 96.1 cm³/mol. The Hall–Kier alpha value is -2.89. The lowest BCUT2D eigenvalue weighted by molar-refractivity contribution is -0.123. The van der Waals surface area contributed by atoms with Crippen LogP contribution in [-0.2, 0) is 4.79 Å². The summed E-state index contributed by atoms with van der Waals surface area (Å²) in [7, 11) is 0. The van der Waals surface area contributed by atoms with Crippen molar-refractivity contribution in [1.82, 2.24) is 5.32 Å². The Bertz CT molecular complexity index is 746. The minimum atomic E-state index is -0.445. The monoisotopic (exact) mass is 359 g/mol. The minimum absolute atomic E-state index is 0.0537. The van der Waals surface area contributed by atoms with E-state index in [9.17, 15) is 14.0 Å². The van der Waals surface area contributed by atoms with Gasteiger partial charge in [0.2, 0.25) is 0 Å². The third-order valence-corrected chi connectivity index (χ3v) is 3.60. The molecule has 0 spiro atoms. The number of rotatable bonds is 9. The van der Waals surface area contributed by atoms with Crippen molar-refractivity contribution in [2.75, 3.05) is 13.2 Å². The number of amides is 1. The first kappa shape index (κ1) is 19.4. The molecular weight excluding hydrogens is 337 g/mol. The molecule has 2 aromatic rings. The van der Waals surface area contributed by atoms with Gasteiger partial charge in [0.25, 0.3) is 5.91 Å². The van der Waals surface area contributed by atoms with E-state index < -0.39 is 5.82 Å². The van der Waals surface area contributed by atoms with Crippen LogP contribution in [0.4, 0.5) is 4.39 Å². The van der Waals surface area contributed by atoms with Crippen molar-refractivity contribution >= 4 is 11.7 Å². The standard InChI is InChI=1S/C20H22FNO4/c1-3-18(23)15-8-10-16(11-9-15)25-13-20(24)22-14(2)12-26-19-7-5-4-6-17(19)21/h4-11,14H,3,12-13H2,1-2H3,(H,22,24). The van der Waals surface area contributed by atoms with Crippen molar-refractivity contribution in [2.45, 2.75) is 26.3 Å². The lowest BCUT2D eigenvalue weighted by atomic mass is 10.1. The molecule has 5 nitrogen and oxygen atoms in total. The molecule has 26 heavy (non-hydrogen) atoms. The summed E-state index contributed by atoms with van der Waals surface area (Å²) < 4.78 is 24.2. The molecule has 0 heterocycles. The van der Waals surface area contributed by atoms with Gasteiger partial charge in [-0.15, -0.1) is 0 Å². The van der Waals surface area contributed by atoms with E-state index in [-0.39, 0.29) is 36.7 Å². The third kappa shape index (κ3) is 5.88. The van der Waals surface area contributed by atoms with Crippen LogP contribution in [0.1, 0.15) is 30.6 Å². The summed E-state index contributed by atoms with van der Waals surface area (Å²) >= 11 is 0. The van der Waals surface area contributed by atoms with E-state index in [0.29, 0.717) is 17.7 Å². The van der Waals surface area contributed by atoms with Crippen LogP contribution < -0.4 is 14.8 Å². The molecule has 2 aromatic carbocycles. The maximum Gasteiger partial charge on any atom is 0.258 e. The fraction of sp³-hybridized carbons (Fsp3) is 0.300. The molecular formula is C20H22FNO4. The Balaban J connectivity index is 1.74. The molecule has 1 N–H and O–H groups in total. The van der Waals surface area contributed by atoms with E-state index in [1.54, 1.807) is 50.2 Å². The zero-order chi connectivity index (χ0) is 18.9. The Kier molecular flexibility index (Phi) is 7.14. The van der Waals surface area contributed by atoms with Gasteiger partial charge in [0, 0.05) is 12.0 Å². The molecule has 0 radical (unpaired) electrons. The lowest BCUT2D eigenvalue weighted by Crippen LogP contribution is -2.39. The minimum Gasteiger partial charge on any atom is -0.488 e. The number of halogens is 1. The predicted octanol–water partition coefficient (Wildman–Crippen LogP) is 3.38. The van der Waals surface area contributed by atoms with Gasteiger partial charge in [0.15, 0.2) is 24.0 Å². The summed E-state index contributed by atoms with van der Waals surface area (Å²) in [6.45, 7) is 3.53. The summed E-state index contributed by atoms with van der Waals surface area (Å²) in [6.07, 6.45) is 0.440. The number of para-hydroxylation sites is 1. The van der Waals surface area contributed by atoms with E-state index in [4.69, 9.17) is 9.47 Å². The highest BCUT2D eigenvalue weighted by molar-refractivity contribution is 5.95. The number of carbonyl (C=O) groups is 2. The second-order valence-corrected chi connectivity index (χ2v) is 5.80. The molecule has 1 amide bonds. The molecule has 1 atom stereocenters. The number of hydrogen-bond donors (Lipinski definition) is 1. The Morgan fingerprint density at radius 2 is 1.77 bits per heavy atom. The molecule has 0 aliphatic heterocycles. The smallest absolute Gasteiger partial charge is 0.258 e. The van der Waals surface area contributed by atoms with Crippen LogP contribution in [0, 0.1) is 5.82 Å². The molecule has 2 rings (SSSR count). The molecule has 0 aliphatic carbocycles. The number of nitrogens with one attached hydrogen (secondary N) is 1. The van der Waals surface area contributed by atoms with E-state index in [1.807, 2.05) is 0 Å². The maximum absolute atomic E-state index is 13.5. The van der Waals surface area contributed by atoms with Gasteiger partial charge in [-0.2, -0.15) is 0 Å². The van der Waals surface area contributed by atoms with Gasteiger partial charge < -0.3 is 14.8 Å². The van der Waals surface area contributed by atoms with Crippen LogP contribution in [0.2, 0.25) is 0 Å². The van der Waals surface area contributed by atoms with E-state index in [0.717, 1.165) is 0 Å². The van der Waals surface area contributed by atoms with Gasteiger partial charge in [-0.3, -0.25) is 9.59 Å². The van der Waals surface area contributed by atoms with Gasteiger partial charge in [0.05, 0.1) is 6.04 Å². The molecule has 0 aliphatic rings. The summed E-state index contributed by atoms with van der Waals surface area (Å²) in [5.41, 5.74) is 0.614. The molecule has 0 saturated carbocycles. The molecule has 0 fully saturated rings. The van der Waals surface area contributed by atoms with Gasteiger partial charge in [-0.25, -0.2) is 4.39 Å². The van der Waals surface area contributed by atoms with Crippen molar-refractivity contribution in [3.05, 3.63) is 59.9 Å². The Labute approximate surface area is 152 Å². The number of ether oxygens (including phenoxy) is 2. The van der Waals surface area contributed by atoms with Gasteiger partial charge in [-0.05, 0) is 43.3 Å². The highest BCUT2D eigenvalue weighted by atomic mass is 19.1. The second-order valence-electron chi connectivity index (χ2n) is 5.80. The number of benzene rings is 2. The largest absolute Gasteiger partial charge is 0.488 e. The van der Waals surface area contributed by atoms with Crippen molar-refractivity contribution in [3.8, 4) is 11.5 Å². The van der Waals surface area contributed by atoms with Crippen LogP contribution in [0.3, 0.4) is 0 Å². The van der Waals surface area contributed by atoms with E-state index in [2.05, 4.69) is 5.32 Å². The zero-order valence-corrected chi connectivity index (χ0v) is 14.8. The number of hydrogen-bond acceptors (Lipinski definition) is 4. The first-order valence-electron chi connectivity index (χ1n) is 8.42. The fourth-order valence-corrected chi connectivity index (χ4v) is 2.22. The van der Waals surface area contributed by atoms with Crippen molar-refractivity contribution in [3.63, 3.8) is 0 Å². The van der Waals surface area contributed by atoms with Crippen molar-refractivity contribution in [1.29, 1.82) is 0 Å². The molecule has 6 heteroatoms. The highest BCUT2D eigenvalue weighted by Crippen LogP contribution is 2.15. The van der Waals surface area contributed by atoms with Crippen LogP contribution in [0.25, 0.3) is 0 Å². The maximum atomic E-state index is 13.5. The molecule has 138 valence electrons. The van der Waals surface area contributed by atoms with Crippen molar-refractivity contribution < 1.29 is 23.5 Å². The lowest BCUT2D eigenvalue weighted by Gasteiger charge is -2.15. The van der Waals surface area contributed by atoms with Crippen LogP contribution in [-0.4, -0.2) is 30.9 Å². The Morgan fingerprint density at radius 1 is 1.08 bits per heavy atom. The molecule has 0 bridgehead atoms. The molecule has 1 unspecified atom stereocenters. The SMILES string of the molecule is CCC(=O)c1ccc(OCC(=O)NC(C)COc2ccccc2F)cc1. The second kappa shape index (κ2) is 9.56. The van der Waals surface area contributed by atoms with Crippen LogP contribution in [0.15, 0.2) is 48.5 Å². The first-order chi connectivity index (χ1) is 12.5. The quantitative estimate of drug-likeness (QED) is 0.697. The average Bonchev–Trinajstić information content (AvgIpc) is 2.65. The fourth-order valence-electron chi connectivity index (χ4n) is 2.22. The summed E-state index contributed by atoms with van der Waals surface area (Å²) in [6, 6.07) is 12.4. The highest BCUT2D eigenvalue weighted by Gasteiger charge is 2.11. The number of carbonyl (C=O) groups excluding carboxylic acids is 2. The molecule has 0 saturated heterocycles. The average molecular weight is 359 g/mol. The summed E-state index contributed by atoms with van der Waals surface area (Å²) in [4.78, 5) is 23.5. The number of ketones is 1. The van der Waals surface area contributed by atoms with Gasteiger partial charge in [-0.1, -0.05) is 19.1 Å². The van der Waals surface area contributed by atoms with E-state index >= 15 is 0 Å². The van der Waals surface area contributed by atoms with Gasteiger partial charge >= 0.3 is 0 Å². The topological polar surface area (TPSA) is 64.6 Å². The van der Waals surface area contributed by atoms with Crippen LogP contribution in [0.5, 0.6) is 11.5 Å². The third-order valence-electron chi connectivity index (χ3n) is 3.60. The van der Waals surface area contributed by atoms with Crippen molar-refractivity contribution in [2.24, 2.45) is 0 Å². The molecule has 0 aromatic heterocycles. The Morgan fingerprint density at radius 3 is 2.42 bits per heavy atom. The van der Waals surface area contributed by atoms with E-state index in [1.165, 1.54) is 12.1 Å².